The standard InChI is InChI=1S/C13H8ClF3O2.C12H8BrClO2/c1-19-10-6-5-7-8(11(10)13(15,16)17)3-2-4-9(7)12(14)18;1-16-10-6-5-7-8(11(10)13)3-2-4-9(7)12(14)15/h2-6H,1H3;2-6H,1H3. The fourth-order valence-corrected chi connectivity index (χ4v) is 4.57. The molecule has 10 heteroatoms. The van der Waals surface area contributed by atoms with E-state index in [9.17, 15) is 22.8 Å². The molecular weight excluding hydrogens is 572 g/mol. The highest BCUT2D eigenvalue weighted by molar-refractivity contribution is 9.10. The summed E-state index contributed by atoms with van der Waals surface area (Å²) in [5, 5.41) is 0.501. The number of carbonyl (C=O) groups is 2. The Morgan fingerprint density at radius 3 is 1.63 bits per heavy atom. The van der Waals surface area contributed by atoms with Gasteiger partial charge in [-0.3, -0.25) is 9.59 Å². The molecule has 4 nitrogen and oxygen atoms in total. The van der Waals surface area contributed by atoms with Crippen molar-refractivity contribution in [1.82, 2.24) is 0 Å². The third kappa shape index (κ3) is 5.55. The van der Waals surface area contributed by atoms with Gasteiger partial charge in [0.1, 0.15) is 17.1 Å². The fraction of sp³-hybridized carbons (Fsp3) is 0.120. The Bertz CT molecular complexity index is 1440. The molecule has 0 N–H and O–H groups in total. The first-order chi connectivity index (χ1) is 16.5. The van der Waals surface area contributed by atoms with Crippen LogP contribution in [0.3, 0.4) is 0 Å². The topological polar surface area (TPSA) is 52.6 Å². The molecule has 0 aliphatic carbocycles. The highest BCUT2D eigenvalue weighted by atomic mass is 79.9. The molecule has 0 spiro atoms. The summed E-state index contributed by atoms with van der Waals surface area (Å²) in [6.45, 7) is 0. The van der Waals surface area contributed by atoms with Crippen LogP contribution in [-0.4, -0.2) is 24.7 Å². The van der Waals surface area contributed by atoms with Crippen molar-refractivity contribution >= 4 is 71.2 Å². The van der Waals surface area contributed by atoms with Crippen molar-refractivity contribution in [2.45, 2.75) is 6.18 Å². The monoisotopic (exact) mass is 586 g/mol. The number of benzene rings is 4. The number of carbonyl (C=O) groups excluding carboxylic acids is 2. The molecule has 4 aromatic carbocycles. The van der Waals surface area contributed by atoms with E-state index in [4.69, 9.17) is 32.7 Å². The van der Waals surface area contributed by atoms with Crippen LogP contribution in [-0.2, 0) is 6.18 Å². The Morgan fingerprint density at radius 1 is 0.714 bits per heavy atom. The maximum absolute atomic E-state index is 13.1. The minimum atomic E-state index is -4.58. The number of methoxy groups -OCH3 is 2. The summed E-state index contributed by atoms with van der Waals surface area (Å²) >= 11 is 14.3. The van der Waals surface area contributed by atoms with Gasteiger partial charge in [-0.05, 0) is 91.7 Å². The molecule has 0 saturated carbocycles. The van der Waals surface area contributed by atoms with Crippen molar-refractivity contribution in [2.24, 2.45) is 0 Å². The van der Waals surface area contributed by atoms with Crippen LogP contribution in [0.5, 0.6) is 11.5 Å². The summed E-state index contributed by atoms with van der Waals surface area (Å²) in [5.74, 6) is 0.436. The predicted molar refractivity (Wildman–Crippen MR) is 134 cm³/mol. The third-order valence-corrected chi connectivity index (χ3v) is 6.36. The number of halogens is 6. The van der Waals surface area contributed by atoms with Gasteiger partial charge in [-0.15, -0.1) is 0 Å². The van der Waals surface area contributed by atoms with Gasteiger partial charge in [0.15, 0.2) is 0 Å². The largest absolute Gasteiger partial charge is 0.496 e. The van der Waals surface area contributed by atoms with E-state index in [1.165, 1.54) is 30.3 Å². The van der Waals surface area contributed by atoms with E-state index in [2.05, 4.69) is 15.9 Å². The van der Waals surface area contributed by atoms with Gasteiger partial charge >= 0.3 is 6.18 Å². The molecule has 0 unspecified atom stereocenters. The van der Waals surface area contributed by atoms with Crippen molar-refractivity contribution in [3.8, 4) is 11.5 Å². The Kier molecular flexibility index (Phi) is 8.30. The van der Waals surface area contributed by atoms with Crippen LogP contribution in [0.15, 0.2) is 65.1 Å². The first kappa shape index (κ1) is 26.8. The van der Waals surface area contributed by atoms with E-state index < -0.39 is 22.2 Å². The molecule has 0 aliphatic rings. The smallest absolute Gasteiger partial charge is 0.420 e. The number of rotatable bonds is 4. The fourth-order valence-electron chi connectivity index (χ4n) is 3.60. The summed E-state index contributed by atoms with van der Waals surface area (Å²) < 4.78 is 50.1. The lowest BCUT2D eigenvalue weighted by molar-refractivity contribution is -0.137. The van der Waals surface area contributed by atoms with E-state index in [0.717, 1.165) is 28.1 Å². The van der Waals surface area contributed by atoms with E-state index in [1.807, 2.05) is 12.1 Å². The first-order valence-corrected chi connectivity index (χ1v) is 11.4. The second-order valence-corrected chi connectivity index (χ2v) is 8.55. The molecule has 0 bridgehead atoms. The number of hydrogen-bond acceptors (Lipinski definition) is 4. The van der Waals surface area contributed by atoms with Crippen LogP contribution in [0.1, 0.15) is 26.3 Å². The number of hydrogen-bond donors (Lipinski definition) is 0. The predicted octanol–water partition coefficient (Wildman–Crippen LogP) is 8.24. The second kappa shape index (κ2) is 10.8. The highest BCUT2D eigenvalue weighted by Crippen LogP contribution is 2.42. The molecule has 35 heavy (non-hydrogen) atoms. The first-order valence-electron chi connectivity index (χ1n) is 9.83. The minimum Gasteiger partial charge on any atom is -0.496 e. The van der Waals surface area contributed by atoms with Crippen LogP contribution in [0.2, 0.25) is 0 Å². The molecular formula is C25H16BrCl2F3O4. The Hall–Kier alpha value is -2.81. The van der Waals surface area contributed by atoms with Crippen LogP contribution < -0.4 is 9.47 Å². The lowest BCUT2D eigenvalue weighted by atomic mass is 9.99. The SMILES string of the molecule is COc1ccc2c(C(=O)Cl)cccc2c1Br.COc1ccc2c(C(=O)Cl)cccc2c1C(F)(F)F. The molecule has 0 radical (unpaired) electrons. The van der Waals surface area contributed by atoms with Gasteiger partial charge in [0.05, 0.1) is 18.7 Å². The molecule has 0 saturated heterocycles. The quantitative estimate of drug-likeness (QED) is 0.226. The van der Waals surface area contributed by atoms with Crippen LogP contribution >= 0.6 is 39.1 Å². The molecule has 0 fully saturated rings. The van der Waals surface area contributed by atoms with E-state index >= 15 is 0 Å². The number of alkyl halides is 3. The van der Waals surface area contributed by atoms with Gasteiger partial charge < -0.3 is 9.47 Å². The van der Waals surface area contributed by atoms with Gasteiger partial charge in [-0.2, -0.15) is 13.2 Å². The van der Waals surface area contributed by atoms with Gasteiger partial charge in [-0.1, -0.05) is 24.3 Å². The van der Waals surface area contributed by atoms with Crippen molar-refractivity contribution in [1.29, 1.82) is 0 Å². The van der Waals surface area contributed by atoms with Crippen molar-refractivity contribution in [2.75, 3.05) is 14.2 Å². The maximum Gasteiger partial charge on any atom is 0.420 e. The molecule has 4 rings (SSSR count). The molecule has 0 aromatic heterocycles. The Balaban J connectivity index is 0.000000198. The molecule has 0 atom stereocenters. The lowest BCUT2D eigenvalue weighted by Gasteiger charge is -2.15. The average molecular weight is 588 g/mol. The molecule has 0 aliphatic heterocycles. The van der Waals surface area contributed by atoms with E-state index in [-0.39, 0.29) is 22.1 Å². The lowest BCUT2D eigenvalue weighted by Crippen LogP contribution is -2.09. The maximum atomic E-state index is 13.1. The van der Waals surface area contributed by atoms with Crippen molar-refractivity contribution in [3.63, 3.8) is 0 Å². The van der Waals surface area contributed by atoms with E-state index in [0.29, 0.717) is 5.56 Å². The zero-order chi connectivity index (χ0) is 25.9. The van der Waals surface area contributed by atoms with Gasteiger partial charge in [0.25, 0.3) is 10.5 Å². The molecule has 0 heterocycles. The zero-order valence-corrected chi connectivity index (χ0v) is 21.3. The zero-order valence-electron chi connectivity index (χ0n) is 18.2. The summed E-state index contributed by atoms with van der Waals surface area (Å²) in [7, 11) is 2.76. The van der Waals surface area contributed by atoms with Gasteiger partial charge in [-0.25, -0.2) is 0 Å². The summed E-state index contributed by atoms with van der Waals surface area (Å²) in [6, 6.07) is 15.6. The van der Waals surface area contributed by atoms with Gasteiger partial charge in [0.2, 0.25) is 0 Å². The summed E-state index contributed by atoms with van der Waals surface area (Å²) in [4.78, 5) is 22.5. The Labute approximate surface area is 216 Å². The highest BCUT2D eigenvalue weighted by Gasteiger charge is 2.36. The van der Waals surface area contributed by atoms with Crippen LogP contribution in [0, 0.1) is 0 Å². The third-order valence-electron chi connectivity index (χ3n) is 5.13. The average Bonchev–Trinajstić information content (AvgIpc) is 2.82. The van der Waals surface area contributed by atoms with Crippen LogP contribution in [0.4, 0.5) is 13.2 Å². The normalized spacial score (nSPS) is 11.1. The molecule has 182 valence electrons. The molecule has 4 aromatic rings. The number of ether oxygens (including phenoxy) is 2. The van der Waals surface area contributed by atoms with E-state index in [1.54, 1.807) is 25.3 Å². The second-order valence-electron chi connectivity index (χ2n) is 7.07. The Morgan fingerprint density at radius 2 is 1.17 bits per heavy atom. The summed E-state index contributed by atoms with van der Waals surface area (Å²) in [6.07, 6.45) is -4.58. The number of fused-ring (bicyclic) bond motifs is 2. The van der Waals surface area contributed by atoms with Crippen LogP contribution in [0.25, 0.3) is 21.5 Å². The van der Waals surface area contributed by atoms with Crippen molar-refractivity contribution in [3.05, 3.63) is 81.8 Å². The molecule has 0 amide bonds. The van der Waals surface area contributed by atoms with Crippen molar-refractivity contribution < 1.29 is 32.2 Å². The summed E-state index contributed by atoms with van der Waals surface area (Å²) in [5.41, 5.74) is -0.373. The minimum absolute atomic E-state index is 0.0346. The van der Waals surface area contributed by atoms with Gasteiger partial charge in [0, 0.05) is 16.5 Å².